The van der Waals surface area contributed by atoms with Crippen molar-refractivity contribution < 1.29 is 4.79 Å². The van der Waals surface area contributed by atoms with Gasteiger partial charge in [0.1, 0.15) is 0 Å². The van der Waals surface area contributed by atoms with E-state index in [1.807, 2.05) is 6.20 Å². The summed E-state index contributed by atoms with van der Waals surface area (Å²) in [5, 5.41) is 0. The van der Waals surface area contributed by atoms with Gasteiger partial charge in [-0.25, -0.2) is 0 Å². The Bertz CT molecular complexity index is 186. The molecule has 0 N–H and O–H groups in total. The molecule has 0 amide bonds. The number of allylic oxidation sites excluding steroid dienone is 1. The van der Waals surface area contributed by atoms with Crippen molar-refractivity contribution in [3.63, 3.8) is 0 Å². The first-order valence-corrected chi connectivity index (χ1v) is 3.82. The zero-order chi connectivity index (χ0) is 6.97. The highest BCUT2D eigenvalue weighted by Gasteiger charge is 2.25. The molecule has 1 atom stereocenters. The summed E-state index contributed by atoms with van der Waals surface area (Å²) in [5.74, 6) is 0.648. The highest BCUT2D eigenvalue weighted by Crippen LogP contribution is 2.21. The van der Waals surface area contributed by atoms with Crippen molar-refractivity contribution in [1.82, 2.24) is 4.90 Å². The lowest BCUT2D eigenvalue weighted by atomic mass is 9.92. The van der Waals surface area contributed by atoms with Crippen LogP contribution in [0.5, 0.6) is 0 Å². The number of carbonyl (C=O) groups excluding carboxylic acids is 1. The van der Waals surface area contributed by atoms with Crippen molar-refractivity contribution in [2.24, 2.45) is 5.92 Å². The van der Waals surface area contributed by atoms with Crippen LogP contribution in [0, 0.1) is 5.92 Å². The second kappa shape index (κ2) is 2.11. The van der Waals surface area contributed by atoms with Crippen LogP contribution in [-0.2, 0) is 4.79 Å². The fourth-order valence-electron chi connectivity index (χ4n) is 1.69. The van der Waals surface area contributed by atoms with Gasteiger partial charge in [0, 0.05) is 25.2 Å². The fraction of sp³-hybridized carbons (Fsp3) is 0.625. The first-order chi connectivity index (χ1) is 4.86. The summed E-state index contributed by atoms with van der Waals surface area (Å²) < 4.78 is 0. The zero-order valence-electron chi connectivity index (χ0n) is 5.92. The highest BCUT2D eigenvalue weighted by atomic mass is 16.1. The van der Waals surface area contributed by atoms with Gasteiger partial charge in [-0.2, -0.15) is 0 Å². The number of piperidine rings is 1. The standard InChI is InChI=1S/C8H11NO/c10-8-3-5-9-4-1-2-7(8)6-9/h3,5,7H,1-2,4,6H2. The predicted molar refractivity (Wildman–Crippen MR) is 38.4 cm³/mol. The Kier molecular flexibility index (Phi) is 1.26. The van der Waals surface area contributed by atoms with Gasteiger partial charge in [0.25, 0.3) is 0 Å². The summed E-state index contributed by atoms with van der Waals surface area (Å²) in [6, 6.07) is 0. The molecule has 0 saturated carbocycles. The number of fused-ring (bicyclic) bond motifs is 2. The number of rotatable bonds is 0. The van der Waals surface area contributed by atoms with Crippen LogP contribution in [0.15, 0.2) is 12.3 Å². The first-order valence-electron chi connectivity index (χ1n) is 3.82. The highest BCUT2D eigenvalue weighted by molar-refractivity contribution is 5.92. The van der Waals surface area contributed by atoms with E-state index in [1.54, 1.807) is 6.08 Å². The molecule has 2 aliphatic heterocycles. The summed E-state index contributed by atoms with van der Waals surface area (Å²) in [6.45, 7) is 2.11. The van der Waals surface area contributed by atoms with E-state index in [2.05, 4.69) is 4.90 Å². The molecule has 1 unspecified atom stereocenters. The molecule has 2 rings (SSSR count). The molecule has 0 spiro atoms. The van der Waals surface area contributed by atoms with Gasteiger partial charge in [-0.3, -0.25) is 4.79 Å². The van der Waals surface area contributed by atoms with Gasteiger partial charge in [0.2, 0.25) is 0 Å². The van der Waals surface area contributed by atoms with E-state index in [1.165, 1.54) is 6.42 Å². The Morgan fingerprint density at radius 2 is 2.50 bits per heavy atom. The fourth-order valence-corrected chi connectivity index (χ4v) is 1.69. The van der Waals surface area contributed by atoms with Crippen LogP contribution in [0.2, 0.25) is 0 Å². The molecule has 2 heterocycles. The van der Waals surface area contributed by atoms with Crippen molar-refractivity contribution in [3.05, 3.63) is 12.3 Å². The summed E-state index contributed by atoms with van der Waals surface area (Å²) in [7, 11) is 0. The van der Waals surface area contributed by atoms with Crippen LogP contribution >= 0.6 is 0 Å². The second-order valence-electron chi connectivity index (χ2n) is 3.05. The molecule has 10 heavy (non-hydrogen) atoms. The van der Waals surface area contributed by atoms with Gasteiger partial charge < -0.3 is 4.90 Å². The van der Waals surface area contributed by atoms with Gasteiger partial charge in [-0.15, -0.1) is 0 Å². The normalized spacial score (nSPS) is 31.0. The van der Waals surface area contributed by atoms with E-state index in [4.69, 9.17) is 0 Å². The summed E-state index contributed by atoms with van der Waals surface area (Å²) >= 11 is 0. The van der Waals surface area contributed by atoms with Crippen LogP contribution in [0.1, 0.15) is 12.8 Å². The van der Waals surface area contributed by atoms with E-state index in [0.29, 0.717) is 11.7 Å². The summed E-state index contributed by atoms with van der Waals surface area (Å²) in [5.41, 5.74) is 0. The number of ketones is 1. The Morgan fingerprint density at radius 1 is 1.60 bits per heavy atom. The number of hydrogen-bond donors (Lipinski definition) is 0. The molecule has 0 aliphatic carbocycles. The molecule has 1 saturated heterocycles. The van der Waals surface area contributed by atoms with E-state index in [0.717, 1.165) is 19.5 Å². The Labute approximate surface area is 60.5 Å². The third-order valence-corrected chi connectivity index (χ3v) is 2.30. The molecule has 2 heteroatoms. The molecule has 1 fully saturated rings. The van der Waals surface area contributed by atoms with Crippen LogP contribution in [0.3, 0.4) is 0 Å². The van der Waals surface area contributed by atoms with Crippen LogP contribution in [0.4, 0.5) is 0 Å². The quantitative estimate of drug-likeness (QED) is 0.492. The molecule has 2 nitrogen and oxygen atoms in total. The molecule has 2 aliphatic rings. The van der Waals surface area contributed by atoms with Crippen molar-refractivity contribution in [2.45, 2.75) is 12.8 Å². The maximum absolute atomic E-state index is 11.1. The molecule has 0 aromatic rings. The molecule has 2 bridgehead atoms. The maximum Gasteiger partial charge on any atom is 0.161 e. The molecular weight excluding hydrogens is 126 g/mol. The Morgan fingerprint density at radius 3 is 3.30 bits per heavy atom. The largest absolute Gasteiger partial charge is 0.377 e. The minimum Gasteiger partial charge on any atom is -0.377 e. The Balaban J connectivity index is 2.21. The Hall–Kier alpha value is -0.790. The molecular formula is C8H11NO. The van der Waals surface area contributed by atoms with Crippen molar-refractivity contribution in [1.29, 1.82) is 0 Å². The van der Waals surface area contributed by atoms with Crippen molar-refractivity contribution in [2.75, 3.05) is 13.1 Å². The van der Waals surface area contributed by atoms with Gasteiger partial charge in [-0.05, 0) is 18.9 Å². The van der Waals surface area contributed by atoms with Gasteiger partial charge in [0.15, 0.2) is 5.78 Å². The lowest BCUT2D eigenvalue weighted by Gasteiger charge is -2.33. The van der Waals surface area contributed by atoms with Crippen molar-refractivity contribution in [3.8, 4) is 0 Å². The average molecular weight is 137 g/mol. The molecule has 54 valence electrons. The van der Waals surface area contributed by atoms with Crippen molar-refractivity contribution >= 4 is 5.78 Å². The van der Waals surface area contributed by atoms with Gasteiger partial charge >= 0.3 is 0 Å². The third kappa shape index (κ3) is 0.838. The SMILES string of the molecule is O=C1C=CN2CCCC1C2. The van der Waals surface area contributed by atoms with Crippen LogP contribution in [0.25, 0.3) is 0 Å². The summed E-state index contributed by atoms with van der Waals surface area (Å²) in [6.07, 6.45) is 5.92. The zero-order valence-corrected chi connectivity index (χ0v) is 5.92. The van der Waals surface area contributed by atoms with E-state index in [9.17, 15) is 4.79 Å². The first kappa shape index (κ1) is 5.96. The molecule has 0 aromatic heterocycles. The number of carbonyl (C=O) groups is 1. The monoisotopic (exact) mass is 137 g/mol. The summed E-state index contributed by atoms with van der Waals surface area (Å²) in [4.78, 5) is 13.3. The van der Waals surface area contributed by atoms with E-state index < -0.39 is 0 Å². The molecule has 0 aromatic carbocycles. The molecule has 0 radical (unpaired) electrons. The second-order valence-corrected chi connectivity index (χ2v) is 3.05. The van der Waals surface area contributed by atoms with E-state index >= 15 is 0 Å². The maximum atomic E-state index is 11.1. The number of nitrogens with zero attached hydrogens (tertiary/aromatic N) is 1. The average Bonchev–Trinajstić information content (AvgIpc) is 1.99. The lowest BCUT2D eigenvalue weighted by Crippen LogP contribution is -2.38. The lowest BCUT2D eigenvalue weighted by molar-refractivity contribution is -0.120. The smallest absolute Gasteiger partial charge is 0.161 e. The third-order valence-electron chi connectivity index (χ3n) is 2.30. The minimum absolute atomic E-state index is 0.318. The van der Waals surface area contributed by atoms with E-state index in [-0.39, 0.29) is 0 Å². The van der Waals surface area contributed by atoms with Crippen LogP contribution < -0.4 is 0 Å². The topological polar surface area (TPSA) is 20.3 Å². The van der Waals surface area contributed by atoms with Gasteiger partial charge in [-0.1, -0.05) is 0 Å². The minimum atomic E-state index is 0.318. The van der Waals surface area contributed by atoms with Gasteiger partial charge in [0.05, 0.1) is 0 Å². The predicted octanol–water partition coefficient (Wildman–Crippen LogP) is 0.795. The number of hydrogen-bond acceptors (Lipinski definition) is 2. The van der Waals surface area contributed by atoms with Crippen LogP contribution in [-0.4, -0.2) is 23.8 Å².